The SMILES string of the molecule is CC(C)Cc1nc(C(=O)NCc2ccc(C(=O)O)cc2)cs1. The van der Waals surface area contributed by atoms with Crippen molar-refractivity contribution in [2.75, 3.05) is 0 Å². The molecule has 2 aromatic rings. The van der Waals surface area contributed by atoms with E-state index in [4.69, 9.17) is 5.11 Å². The van der Waals surface area contributed by atoms with Gasteiger partial charge in [0.05, 0.1) is 10.6 Å². The minimum Gasteiger partial charge on any atom is -0.478 e. The van der Waals surface area contributed by atoms with Crippen LogP contribution in [0.15, 0.2) is 29.6 Å². The predicted octanol–water partition coefficient (Wildman–Crippen LogP) is 2.97. The Balaban J connectivity index is 1.92. The van der Waals surface area contributed by atoms with E-state index in [1.807, 2.05) is 0 Å². The summed E-state index contributed by atoms with van der Waals surface area (Å²) in [4.78, 5) is 27.1. The summed E-state index contributed by atoms with van der Waals surface area (Å²) in [6.07, 6.45) is 0.870. The Hall–Kier alpha value is -2.21. The summed E-state index contributed by atoms with van der Waals surface area (Å²) in [5.41, 5.74) is 1.51. The summed E-state index contributed by atoms with van der Waals surface area (Å²) < 4.78 is 0. The molecule has 0 atom stereocenters. The van der Waals surface area contributed by atoms with Crippen LogP contribution in [0.3, 0.4) is 0 Å². The molecule has 0 saturated carbocycles. The highest BCUT2D eigenvalue weighted by Gasteiger charge is 2.11. The van der Waals surface area contributed by atoms with E-state index in [9.17, 15) is 9.59 Å². The zero-order valence-electron chi connectivity index (χ0n) is 12.5. The van der Waals surface area contributed by atoms with Gasteiger partial charge in [0.15, 0.2) is 0 Å². The molecule has 116 valence electrons. The number of amides is 1. The lowest BCUT2D eigenvalue weighted by Crippen LogP contribution is -2.23. The average Bonchev–Trinajstić information content (AvgIpc) is 2.93. The normalized spacial score (nSPS) is 10.7. The fourth-order valence-electron chi connectivity index (χ4n) is 1.90. The summed E-state index contributed by atoms with van der Waals surface area (Å²) >= 11 is 1.50. The van der Waals surface area contributed by atoms with Crippen LogP contribution in [0.4, 0.5) is 0 Å². The molecule has 0 aliphatic heterocycles. The first-order valence-corrected chi connectivity index (χ1v) is 7.88. The summed E-state index contributed by atoms with van der Waals surface area (Å²) in [5, 5.41) is 14.3. The quantitative estimate of drug-likeness (QED) is 0.858. The maximum Gasteiger partial charge on any atom is 0.335 e. The molecular formula is C16H18N2O3S. The molecule has 0 aliphatic carbocycles. The lowest BCUT2D eigenvalue weighted by Gasteiger charge is -2.04. The van der Waals surface area contributed by atoms with Gasteiger partial charge in [0.25, 0.3) is 5.91 Å². The number of carboxylic acid groups (broad SMARTS) is 1. The second kappa shape index (κ2) is 7.17. The highest BCUT2D eigenvalue weighted by Crippen LogP contribution is 2.14. The molecule has 0 bridgehead atoms. The first-order chi connectivity index (χ1) is 10.5. The van der Waals surface area contributed by atoms with Crippen LogP contribution in [0.5, 0.6) is 0 Å². The van der Waals surface area contributed by atoms with E-state index in [2.05, 4.69) is 24.1 Å². The largest absolute Gasteiger partial charge is 0.478 e. The van der Waals surface area contributed by atoms with Crippen LogP contribution in [0.2, 0.25) is 0 Å². The van der Waals surface area contributed by atoms with Crippen molar-refractivity contribution in [3.8, 4) is 0 Å². The number of benzene rings is 1. The maximum atomic E-state index is 12.0. The molecule has 0 spiro atoms. The van der Waals surface area contributed by atoms with Gasteiger partial charge in [-0.25, -0.2) is 9.78 Å². The molecule has 0 unspecified atom stereocenters. The Kier molecular flexibility index (Phi) is 5.27. The average molecular weight is 318 g/mol. The van der Waals surface area contributed by atoms with Crippen molar-refractivity contribution in [2.24, 2.45) is 5.92 Å². The molecule has 1 aromatic heterocycles. The fourth-order valence-corrected chi connectivity index (χ4v) is 2.88. The summed E-state index contributed by atoms with van der Waals surface area (Å²) in [6, 6.07) is 6.42. The Labute approximate surface area is 133 Å². The first kappa shape index (κ1) is 16.2. The van der Waals surface area contributed by atoms with Crippen LogP contribution in [0.1, 0.15) is 45.3 Å². The van der Waals surface area contributed by atoms with Gasteiger partial charge in [0.1, 0.15) is 5.69 Å². The molecule has 1 heterocycles. The van der Waals surface area contributed by atoms with Crippen LogP contribution >= 0.6 is 11.3 Å². The molecule has 0 aliphatic rings. The summed E-state index contributed by atoms with van der Waals surface area (Å²) in [6.45, 7) is 4.57. The smallest absolute Gasteiger partial charge is 0.335 e. The number of aromatic carboxylic acids is 1. The maximum absolute atomic E-state index is 12.0. The number of carbonyl (C=O) groups is 2. The predicted molar refractivity (Wildman–Crippen MR) is 85.2 cm³/mol. The van der Waals surface area contributed by atoms with Crippen molar-refractivity contribution in [2.45, 2.75) is 26.8 Å². The molecule has 2 N–H and O–H groups in total. The van der Waals surface area contributed by atoms with Gasteiger partial charge in [-0.15, -0.1) is 11.3 Å². The van der Waals surface area contributed by atoms with Crippen LogP contribution in [-0.4, -0.2) is 22.0 Å². The Bertz CT molecular complexity index is 662. The van der Waals surface area contributed by atoms with E-state index in [1.165, 1.54) is 23.5 Å². The summed E-state index contributed by atoms with van der Waals surface area (Å²) in [7, 11) is 0. The molecule has 0 saturated heterocycles. The van der Waals surface area contributed by atoms with Gasteiger partial charge in [-0.2, -0.15) is 0 Å². The highest BCUT2D eigenvalue weighted by atomic mass is 32.1. The fraction of sp³-hybridized carbons (Fsp3) is 0.312. The van der Waals surface area contributed by atoms with Gasteiger partial charge in [0, 0.05) is 18.3 Å². The number of carbonyl (C=O) groups excluding carboxylic acids is 1. The number of nitrogens with zero attached hydrogens (tertiary/aromatic N) is 1. The van der Waals surface area contributed by atoms with Gasteiger partial charge >= 0.3 is 5.97 Å². The van der Waals surface area contributed by atoms with Crippen LogP contribution < -0.4 is 5.32 Å². The molecule has 0 fully saturated rings. The number of thiazole rings is 1. The van der Waals surface area contributed by atoms with E-state index >= 15 is 0 Å². The van der Waals surface area contributed by atoms with E-state index in [-0.39, 0.29) is 11.5 Å². The van der Waals surface area contributed by atoms with E-state index in [0.29, 0.717) is 18.2 Å². The van der Waals surface area contributed by atoms with E-state index in [1.54, 1.807) is 17.5 Å². The van der Waals surface area contributed by atoms with Crippen molar-refractivity contribution in [3.05, 3.63) is 51.5 Å². The second-order valence-corrected chi connectivity index (χ2v) is 6.35. The zero-order chi connectivity index (χ0) is 16.1. The first-order valence-electron chi connectivity index (χ1n) is 7.00. The number of carboxylic acids is 1. The molecular weight excluding hydrogens is 300 g/mol. The topological polar surface area (TPSA) is 79.3 Å². The van der Waals surface area contributed by atoms with Gasteiger partial charge < -0.3 is 10.4 Å². The molecule has 0 radical (unpaired) electrons. The van der Waals surface area contributed by atoms with Crippen molar-refractivity contribution in [3.63, 3.8) is 0 Å². The minimum atomic E-state index is -0.962. The van der Waals surface area contributed by atoms with Crippen molar-refractivity contribution in [1.82, 2.24) is 10.3 Å². The van der Waals surface area contributed by atoms with Gasteiger partial charge in [-0.3, -0.25) is 4.79 Å². The van der Waals surface area contributed by atoms with Crippen molar-refractivity contribution < 1.29 is 14.7 Å². The van der Waals surface area contributed by atoms with Crippen LogP contribution in [0.25, 0.3) is 0 Å². The lowest BCUT2D eigenvalue weighted by atomic mass is 10.1. The molecule has 22 heavy (non-hydrogen) atoms. The van der Waals surface area contributed by atoms with Gasteiger partial charge in [-0.05, 0) is 23.6 Å². The van der Waals surface area contributed by atoms with Crippen LogP contribution in [0, 0.1) is 5.92 Å². The molecule has 5 nitrogen and oxygen atoms in total. The van der Waals surface area contributed by atoms with E-state index in [0.717, 1.165) is 17.0 Å². The third-order valence-corrected chi connectivity index (χ3v) is 3.89. The zero-order valence-corrected chi connectivity index (χ0v) is 13.3. The summed E-state index contributed by atoms with van der Waals surface area (Å²) in [5.74, 6) is -0.667. The lowest BCUT2D eigenvalue weighted by molar-refractivity contribution is 0.0696. The number of hydrogen-bond acceptors (Lipinski definition) is 4. The Morgan fingerprint density at radius 1 is 1.27 bits per heavy atom. The van der Waals surface area contributed by atoms with Crippen LogP contribution in [-0.2, 0) is 13.0 Å². The third kappa shape index (κ3) is 4.39. The van der Waals surface area contributed by atoms with E-state index < -0.39 is 5.97 Å². The molecule has 2 rings (SSSR count). The highest BCUT2D eigenvalue weighted by molar-refractivity contribution is 7.09. The van der Waals surface area contributed by atoms with Crippen molar-refractivity contribution in [1.29, 1.82) is 0 Å². The number of aromatic nitrogens is 1. The standard InChI is InChI=1S/C16H18N2O3S/c1-10(2)7-14-18-13(9-22-14)15(19)17-8-11-3-5-12(6-4-11)16(20)21/h3-6,9-10H,7-8H2,1-2H3,(H,17,19)(H,20,21). The third-order valence-electron chi connectivity index (χ3n) is 3.02. The van der Waals surface area contributed by atoms with Gasteiger partial charge in [-0.1, -0.05) is 26.0 Å². The minimum absolute atomic E-state index is 0.214. The second-order valence-electron chi connectivity index (χ2n) is 5.41. The Morgan fingerprint density at radius 3 is 2.55 bits per heavy atom. The molecule has 1 amide bonds. The number of hydrogen-bond donors (Lipinski definition) is 2. The number of rotatable bonds is 6. The van der Waals surface area contributed by atoms with Gasteiger partial charge in [0.2, 0.25) is 0 Å². The Morgan fingerprint density at radius 2 is 1.95 bits per heavy atom. The monoisotopic (exact) mass is 318 g/mol. The number of nitrogens with one attached hydrogen (secondary N) is 1. The molecule has 6 heteroatoms. The molecule has 1 aromatic carbocycles. The van der Waals surface area contributed by atoms with Crippen molar-refractivity contribution >= 4 is 23.2 Å².